The van der Waals surface area contributed by atoms with Gasteiger partial charge in [0.05, 0.1) is 23.8 Å². The van der Waals surface area contributed by atoms with Crippen LogP contribution in [-0.2, 0) is 6.42 Å². The largest absolute Gasteiger partial charge is 0.387 e. The number of aromatic nitrogens is 1. The summed E-state index contributed by atoms with van der Waals surface area (Å²) in [7, 11) is 1.92. The Hall–Kier alpha value is -2.03. The van der Waals surface area contributed by atoms with Crippen molar-refractivity contribution in [1.82, 2.24) is 4.98 Å². The number of rotatable bonds is 2. The maximum atomic E-state index is 4.32. The number of aryl methyl sites for hydroxylation is 2. The van der Waals surface area contributed by atoms with Crippen molar-refractivity contribution in [2.24, 2.45) is 0 Å². The topological polar surface area (TPSA) is 28.2 Å². The summed E-state index contributed by atoms with van der Waals surface area (Å²) in [6.07, 6.45) is 6.16. The van der Waals surface area contributed by atoms with Gasteiger partial charge < -0.3 is 10.2 Å². The van der Waals surface area contributed by atoms with Crippen LogP contribution in [0.2, 0.25) is 0 Å². The molecule has 0 bridgehead atoms. The molecule has 0 spiro atoms. The highest BCUT2D eigenvalue weighted by Gasteiger charge is 2.18. The number of hydrogen-bond donors (Lipinski definition) is 1. The highest BCUT2D eigenvalue weighted by atomic mass is 15.1. The zero-order valence-electron chi connectivity index (χ0n) is 11.5. The summed E-state index contributed by atoms with van der Waals surface area (Å²) in [5, 5.41) is 3.15. The number of anilines is 3. The summed E-state index contributed by atoms with van der Waals surface area (Å²) in [5.41, 5.74) is 6.32. The molecular weight excluding hydrogens is 234 g/mol. The van der Waals surface area contributed by atoms with Crippen molar-refractivity contribution in [1.29, 1.82) is 0 Å². The second kappa shape index (κ2) is 4.92. The van der Waals surface area contributed by atoms with Gasteiger partial charge in [0.1, 0.15) is 0 Å². The fourth-order valence-corrected chi connectivity index (χ4v) is 2.71. The third kappa shape index (κ3) is 2.28. The first-order valence-electron chi connectivity index (χ1n) is 6.78. The summed E-state index contributed by atoms with van der Waals surface area (Å²) in [6, 6.07) is 8.88. The van der Waals surface area contributed by atoms with Gasteiger partial charge in [-0.25, -0.2) is 0 Å². The van der Waals surface area contributed by atoms with Gasteiger partial charge >= 0.3 is 0 Å². The molecule has 0 amide bonds. The standard InChI is InChI=1S/C16H19N3/c1-12-5-6-16-13(8-12)4-3-7-19(16)15-9-14(17-2)10-18-11-15/h5-6,8-11,17H,3-4,7H2,1-2H3. The predicted molar refractivity (Wildman–Crippen MR) is 80.3 cm³/mol. The fraction of sp³-hybridized carbons (Fsp3) is 0.312. The van der Waals surface area contributed by atoms with E-state index in [4.69, 9.17) is 0 Å². The van der Waals surface area contributed by atoms with Crippen molar-refractivity contribution in [3.63, 3.8) is 0 Å². The van der Waals surface area contributed by atoms with E-state index in [2.05, 4.69) is 46.4 Å². The van der Waals surface area contributed by atoms with Crippen LogP contribution in [0.15, 0.2) is 36.7 Å². The van der Waals surface area contributed by atoms with Crippen LogP contribution in [0.5, 0.6) is 0 Å². The monoisotopic (exact) mass is 253 g/mol. The number of nitrogens with zero attached hydrogens (tertiary/aromatic N) is 2. The molecule has 19 heavy (non-hydrogen) atoms. The average molecular weight is 253 g/mol. The molecule has 0 fully saturated rings. The van der Waals surface area contributed by atoms with Gasteiger partial charge in [-0.1, -0.05) is 17.7 Å². The smallest absolute Gasteiger partial charge is 0.0618 e. The lowest BCUT2D eigenvalue weighted by Gasteiger charge is -2.31. The van der Waals surface area contributed by atoms with E-state index in [1.807, 2.05) is 19.4 Å². The average Bonchev–Trinajstić information content (AvgIpc) is 2.46. The molecule has 0 aliphatic carbocycles. The molecule has 1 aromatic heterocycles. The van der Waals surface area contributed by atoms with Gasteiger partial charge in [0, 0.05) is 19.3 Å². The molecule has 1 aromatic carbocycles. The molecule has 0 radical (unpaired) electrons. The molecule has 1 aliphatic rings. The molecule has 98 valence electrons. The van der Waals surface area contributed by atoms with Crippen molar-refractivity contribution in [2.75, 3.05) is 23.8 Å². The summed E-state index contributed by atoms with van der Waals surface area (Å²) < 4.78 is 0. The van der Waals surface area contributed by atoms with Crippen LogP contribution >= 0.6 is 0 Å². The molecule has 3 heteroatoms. The summed E-state index contributed by atoms with van der Waals surface area (Å²) in [4.78, 5) is 6.68. The first-order chi connectivity index (χ1) is 9.28. The lowest BCUT2D eigenvalue weighted by atomic mass is 9.99. The van der Waals surface area contributed by atoms with Crippen LogP contribution in [0, 0.1) is 6.92 Å². The van der Waals surface area contributed by atoms with Crippen LogP contribution in [0.1, 0.15) is 17.5 Å². The molecule has 3 nitrogen and oxygen atoms in total. The van der Waals surface area contributed by atoms with Crippen LogP contribution in [0.25, 0.3) is 0 Å². The SMILES string of the molecule is CNc1cncc(N2CCCc3cc(C)ccc32)c1. The second-order valence-corrected chi connectivity index (χ2v) is 5.07. The number of benzene rings is 1. The Kier molecular flexibility index (Phi) is 3.11. The third-order valence-corrected chi connectivity index (χ3v) is 3.68. The Morgan fingerprint density at radius 1 is 1.21 bits per heavy atom. The second-order valence-electron chi connectivity index (χ2n) is 5.07. The van der Waals surface area contributed by atoms with Crippen LogP contribution in [0.3, 0.4) is 0 Å². The molecule has 2 heterocycles. The van der Waals surface area contributed by atoms with E-state index in [9.17, 15) is 0 Å². The maximum Gasteiger partial charge on any atom is 0.0618 e. The molecule has 0 atom stereocenters. The fourth-order valence-electron chi connectivity index (χ4n) is 2.71. The molecule has 1 aliphatic heterocycles. The van der Waals surface area contributed by atoms with Gasteiger partial charge in [-0.2, -0.15) is 0 Å². The van der Waals surface area contributed by atoms with Crippen molar-refractivity contribution in [3.05, 3.63) is 47.8 Å². The Balaban J connectivity index is 2.03. The molecule has 0 saturated carbocycles. The summed E-state index contributed by atoms with van der Waals surface area (Å²) in [6.45, 7) is 3.22. The highest BCUT2D eigenvalue weighted by molar-refractivity contribution is 5.70. The van der Waals surface area contributed by atoms with Crippen LogP contribution < -0.4 is 10.2 Å². The number of nitrogens with one attached hydrogen (secondary N) is 1. The van der Waals surface area contributed by atoms with E-state index in [-0.39, 0.29) is 0 Å². The molecule has 0 saturated heterocycles. The van der Waals surface area contributed by atoms with Gasteiger partial charge in [0.25, 0.3) is 0 Å². The van der Waals surface area contributed by atoms with Gasteiger partial charge in [-0.15, -0.1) is 0 Å². The van der Waals surface area contributed by atoms with Crippen molar-refractivity contribution in [2.45, 2.75) is 19.8 Å². The normalized spacial score (nSPS) is 14.1. The third-order valence-electron chi connectivity index (χ3n) is 3.68. The Bertz CT molecular complexity index is 592. The maximum absolute atomic E-state index is 4.32. The number of hydrogen-bond acceptors (Lipinski definition) is 3. The van der Waals surface area contributed by atoms with Crippen LogP contribution in [-0.4, -0.2) is 18.6 Å². The molecule has 1 N–H and O–H groups in total. The molecule has 0 unspecified atom stereocenters. The van der Waals surface area contributed by atoms with Crippen molar-refractivity contribution in [3.8, 4) is 0 Å². The molecule has 2 aromatic rings. The van der Waals surface area contributed by atoms with Crippen molar-refractivity contribution >= 4 is 17.1 Å². The van der Waals surface area contributed by atoms with E-state index in [1.165, 1.54) is 29.7 Å². The van der Waals surface area contributed by atoms with Crippen LogP contribution in [0.4, 0.5) is 17.1 Å². The van der Waals surface area contributed by atoms with E-state index in [0.717, 1.165) is 17.9 Å². The quantitative estimate of drug-likeness (QED) is 0.887. The van der Waals surface area contributed by atoms with E-state index >= 15 is 0 Å². The van der Waals surface area contributed by atoms with Gasteiger partial charge in [0.2, 0.25) is 0 Å². The van der Waals surface area contributed by atoms with Gasteiger partial charge in [-0.3, -0.25) is 4.98 Å². The van der Waals surface area contributed by atoms with E-state index < -0.39 is 0 Å². The van der Waals surface area contributed by atoms with E-state index in [0.29, 0.717) is 0 Å². The van der Waals surface area contributed by atoms with E-state index in [1.54, 1.807) is 0 Å². The lowest BCUT2D eigenvalue weighted by molar-refractivity contribution is 0.765. The first kappa shape index (κ1) is 12.0. The predicted octanol–water partition coefficient (Wildman–Crippen LogP) is 3.52. The Morgan fingerprint density at radius 3 is 2.95 bits per heavy atom. The molecular formula is C16H19N3. The number of fused-ring (bicyclic) bond motifs is 1. The zero-order chi connectivity index (χ0) is 13.2. The zero-order valence-corrected chi connectivity index (χ0v) is 11.5. The highest BCUT2D eigenvalue weighted by Crippen LogP contribution is 2.34. The number of pyridine rings is 1. The minimum atomic E-state index is 1.05. The van der Waals surface area contributed by atoms with Gasteiger partial charge in [0.15, 0.2) is 0 Å². The molecule has 3 rings (SSSR count). The summed E-state index contributed by atoms with van der Waals surface area (Å²) in [5.74, 6) is 0. The minimum Gasteiger partial charge on any atom is -0.387 e. The lowest BCUT2D eigenvalue weighted by Crippen LogP contribution is -2.24. The van der Waals surface area contributed by atoms with Gasteiger partial charge in [-0.05, 0) is 37.5 Å². The minimum absolute atomic E-state index is 1.05. The Morgan fingerprint density at radius 2 is 2.11 bits per heavy atom. The summed E-state index contributed by atoms with van der Waals surface area (Å²) >= 11 is 0. The first-order valence-corrected chi connectivity index (χ1v) is 6.78. The van der Waals surface area contributed by atoms with Crippen molar-refractivity contribution < 1.29 is 0 Å². The Labute approximate surface area is 114 Å².